The molecule has 2 saturated carbocycles. The van der Waals surface area contributed by atoms with Crippen LogP contribution in [0, 0.1) is 17.7 Å². The van der Waals surface area contributed by atoms with Gasteiger partial charge in [0, 0.05) is 18.6 Å². The zero-order valence-corrected chi connectivity index (χ0v) is 15.4. The number of benzene rings is 1. The third-order valence-electron chi connectivity index (χ3n) is 6.65. The molecule has 0 aromatic heterocycles. The lowest BCUT2D eigenvalue weighted by Gasteiger charge is -2.45. The SMILES string of the molecule is NC1CC2CCCC(C1)C2NC(=O)C1CCCN1Cc1ccc(F)cc1. The topological polar surface area (TPSA) is 58.4 Å². The quantitative estimate of drug-likeness (QED) is 0.869. The van der Waals surface area contributed by atoms with Gasteiger partial charge < -0.3 is 11.1 Å². The molecule has 3 atom stereocenters. The number of hydrogen-bond donors (Lipinski definition) is 2. The van der Waals surface area contributed by atoms with Crippen molar-refractivity contribution in [2.45, 2.75) is 69.6 Å². The molecule has 3 N–H and O–H groups in total. The second-order valence-corrected chi connectivity index (χ2v) is 8.47. The van der Waals surface area contributed by atoms with Crippen LogP contribution in [0.25, 0.3) is 0 Å². The predicted molar refractivity (Wildman–Crippen MR) is 99.8 cm³/mol. The number of carbonyl (C=O) groups is 1. The molecule has 3 aliphatic rings. The van der Waals surface area contributed by atoms with E-state index in [1.807, 2.05) is 12.1 Å². The van der Waals surface area contributed by atoms with Crippen molar-refractivity contribution in [2.24, 2.45) is 17.6 Å². The average molecular weight is 359 g/mol. The van der Waals surface area contributed by atoms with Crippen molar-refractivity contribution in [1.29, 1.82) is 0 Å². The number of carbonyl (C=O) groups excluding carboxylic acids is 1. The van der Waals surface area contributed by atoms with E-state index in [1.54, 1.807) is 0 Å². The van der Waals surface area contributed by atoms with Crippen LogP contribution in [0.3, 0.4) is 0 Å². The largest absolute Gasteiger partial charge is 0.351 e. The van der Waals surface area contributed by atoms with Crippen molar-refractivity contribution in [3.8, 4) is 0 Å². The minimum Gasteiger partial charge on any atom is -0.351 e. The Morgan fingerprint density at radius 2 is 1.81 bits per heavy atom. The molecule has 1 aromatic rings. The van der Waals surface area contributed by atoms with Crippen molar-refractivity contribution in [3.05, 3.63) is 35.6 Å². The van der Waals surface area contributed by atoms with Gasteiger partial charge in [-0.1, -0.05) is 18.6 Å². The van der Waals surface area contributed by atoms with E-state index in [1.165, 1.54) is 31.4 Å². The smallest absolute Gasteiger partial charge is 0.237 e. The number of halogens is 1. The Kier molecular flexibility index (Phi) is 5.28. The Morgan fingerprint density at radius 3 is 2.50 bits per heavy atom. The summed E-state index contributed by atoms with van der Waals surface area (Å²) in [6, 6.07) is 7.17. The first-order valence-corrected chi connectivity index (χ1v) is 10.1. The molecular weight excluding hydrogens is 329 g/mol. The molecule has 4 rings (SSSR count). The summed E-state index contributed by atoms with van der Waals surface area (Å²) in [7, 11) is 0. The number of fused-ring (bicyclic) bond motifs is 2. The van der Waals surface area contributed by atoms with Gasteiger partial charge in [0.25, 0.3) is 0 Å². The standard InChI is InChI=1S/C21H30FN3O/c22-17-8-6-14(7-9-17)13-25-10-2-5-19(25)21(26)24-20-15-3-1-4-16(20)12-18(23)11-15/h6-9,15-16,18-20H,1-5,10-13,23H2,(H,24,26). The van der Waals surface area contributed by atoms with E-state index in [2.05, 4.69) is 10.2 Å². The minimum atomic E-state index is -0.216. The van der Waals surface area contributed by atoms with Gasteiger partial charge >= 0.3 is 0 Å². The molecule has 26 heavy (non-hydrogen) atoms. The van der Waals surface area contributed by atoms with Crippen LogP contribution in [-0.4, -0.2) is 35.5 Å². The Hall–Kier alpha value is -1.46. The maximum absolute atomic E-state index is 13.1. The molecule has 5 heteroatoms. The van der Waals surface area contributed by atoms with Gasteiger partial charge in [0.1, 0.15) is 5.82 Å². The Labute approximate surface area is 155 Å². The van der Waals surface area contributed by atoms with Crippen molar-refractivity contribution in [3.63, 3.8) is 0 Å². The normalized spacial score (nSPS) is 34.6. The summed E-state index contributed by atoms with van der Waals surface area (Å²) >= 11 is 0. The maximum atomic E-state index is 13.1. The van der Waals surface area contributed by atoms with Gasteiger partial charge in [0.2, 0.25) is 5.91 Å². The molecule has 1 saturated heterocycles. The molecule has 4 nitrogen and oxygen atoms in total. The van der Waals surface area contributed by atoms with Crippen LogP contribution in [0.5, 0.6) is 0 Å². The van der Waals surface area contributed by atoms with Gasteiger partial charge in [-0.05, 0) is 74.6 Å². The van der Waals surface area contributed by atoms with E-state index in [-0.39, 0.29) is 17.8 Å². The number of nitrogens with two attached hydrogens (primary N) is 1. The first-order valence-electron chi connectivity index (χ1n) is 10.1. The lowest BCUT2D eigenvalue weighted by Crippen LogP contribution is -2.56. The van der Waals surface area contributed by atoms with E-state index in [0.29, 0.717) is 30.5 Å². The molecular formula is C21H30FN3O. The summed E-state index contributed by atoms with van der Waals surface area (Å²) < 4.78 is 13.1. The summed E-state index contributed by atoms with van der Waals surface area (Å²) in [5.74, 6) is 1.07. The first-order chi connectivity index (χ1) is 12.6. The molecule has 142 valence electrons. The van der Waals surface area contributed by atoms with Crippen LogP contribution in [0.1, 0.15) is 50.5 Å². The fourth-order valence-electron chi connectivity index (χ4n) is 5.42. The highest BCUT2D eigenvalue weighted by Gasteiger charge is 2.41. The number of amides is 1. The second kappa shape index (κ2) is 7.65. The van der Waals surface area contributed by atoms with Gasteiger partial charge in [-0.15, -0.1) is 0 Å². The van der Waals surface area contributed by atoms with Crippen LogP contribution >= 0.6 is 0 Å². The second-order valence-electron chi connectivity index (χ2n) is 8.47. The van der Waals surface area contributed by atoms with E-state index < -0.39 is 0 Å². The Bertz CT molecular complexity index is 621. The van der Waals surface area contributed by atoms with Crippen LogP contribution in [0.4, 0.5) is 4.39 Å². The molecule has 1 heterocycles. The van der Waals surface area contributed by atoms with Gasteiger partial charge in [0.05, 0.1) is 6.04 Å². The number of hydrogen-bond acceptors (Lipinski definition) is 3. The highest BCUT2D eigenvalue weighted by Crippen LogP contribution is 2.39. The molecule has 0 spiro atoms. The van der Waals surface area contributed by atoms with Gasteiger partial charge in [-0.2, -0.15) is 0 Å². The summed E-state index contributed by atoms with van der Waals surface area (Å²) in [6.45, 7) is 1.64. The molecule has 3 unspecified atom stereocenters. The monoisotopic (exact) mass is 359 g/mol. The lowest BCUT2D eigenvalue weighted by molar-refractivity contribution is -0.128. The van der Waals surface area contributed by atoms with Gasteiger partial charge in [-0.25, -0.2) is 4.39 Å². The number of nitrogens with one attached hydrogen (secondary N) is 1. The molecule has 1 amide bonds. The van der Waals surface area contributed by atoms with Gasteiger partial charge in [0.15, 0.2) is 0 Å². The van der Waals surface area contributed by atoms with Crippen LogP contribution in [0.2, 0.25) is 0 Å². The molecule has 2 aliphatic carbocycles. The minimum absolute atomic E-state index is 0.0589. The highest BCUT2D eigenvalue weighted by atomic mass is 19.1. The van der Waals surface area contributed by atoms with Crippen LogP contribution in [0.15, 0.2) is 24.3 Å². The number of rotatable bonds is 4. The first kappa shape index (κ1) is 17.9. The summed E-state index contributed by atoms with van der Waals surface area (Å²) in [5.41, 5.74) is 7.27. The molecule has 2 bridgehead atoms. The van der Waals surface area contributed by atoms with E-state index in [0.717, 1.165) is 37.8 Å². The third-order valence-corrected chi connectivity index (χ3v) is 6.65. The molecule has 0 radical (unpaired) electrons. The van der Waals surface area contributed by atoms with E-state index >= 15 is 0 Å². The molecule has 1 aromatic carbocycles. The lowest BCUT2D eigenvalue weighted by atomic mass is 9.67. The molecule has 1 aliphatic heterocycles. The van der Waals surface area contributed by atoms with Crippen molar-refractivity contribution >= 4 is 5.91 Å². The average Bonchev–Trinajstić information content (AvgIpc) is 3.06. The zero-order chi connectivity index (χ0) is 18.1. The van der Waals surface area contributed by atoms with E-state index in [4.69, 9.17) is 5.73 Å². The third kappa shape index (κ3) is 3.79. The summed E-state index contributed by atoms with van der Waals surface area (Å²) in [4.78, 5) is 15.3. The van der Waals surface area contributed by atoms with Gasteiger partial charge in [-0.3, -0.25) is 9.69 Å². The maximum Gasteiger partial charge on any atom is 0.237 e. The fourth-order valence-corrected chi connectivity index (χ4v) is 5.42. The Morgan fingerprint density at radius 1 is 1.12 bits per heavy atom. The van der Waals surface area contributed by atoms with Crippen molar-refractivity contribution in [2.75, 3.05) is 6.54 Å². The van der Waals surface area contributed by atoms with E-state index in [9.17, 15) is 9.18 Å². The summed E-state index contributed by atoms with van der Waals surface area (Å²) in [6.07, 6.45) is 7.71. The number of nitrogens with zero attached hydrogens (tertiary/aromatic N) is 1. The van der Waals surface area contributed by atoms with Crippen molar-refractivity contribution < 1.29 is 9.18 Å². The molecule has 3 fully saturated rings. The zero-order valence-electron chi connectivity index (χ0n) is 15.4. The fraction of sp³-hybridized carbons (Fsp3) is 0.667. The van der Waals surface area contributed by atoms with Crippen LogP contribution in [-0.2, 0) is 11.3 Å². The Balaban J connectivity index is 1.39. The number of likely N-dealkylation sites (tertiary alicyclic amines) is 1. The highest BCUT2D eigenvalue weighted by molar-refractivity contribution is 5.82. The predicted octanol–water partition coefficient (Wildman–Crippen LogP) is 2.81. The summed E-state index contributed by atoms with van der Waals surface area (Å²) in [5, 5.41) is 3.41. The van der Waals surface area contributed by atoms with Crippen molar-refractivity contribution in [1.82, 2.24) is 10.2 Å². The van der Waals surface area contributed by atoms with Crippen LogP contribution < -0.4 is 11.1 Å².